The molecule has 0 aliphatic rings. The molecule has 0 saturated heterocycles. The molecule has 0 aromatic rings. The van der Waals surface area contributed by atoms with Crippen LogP contribution in [0, 0.1) is 12.3 Å². The van der Waals surface area contributed by atoms with Crippen molar-refractivity contribution in [2.24, 2.45) is 0 Å². The Balaban J connectivity index is 4.23. The van der Waals surface area contributed by atoms with Crippen LogP contribution in [-0.2, 0) is 0 Å². The fraction of sp³-hybridized carbons (Fsp3) is 0.400. The minimum absolute atomic E-state index is 0.363. The lowest BCUT2D eigenvalue weighted by Crippen LogP contribution is -2.39. The maximum absolute atomic E-state index is 5.79. The second kappa shape index (κ2) is 5.34. The number of allylic oxidation sites excluding steroid dienone is 2. The number of quaternary nitrogens is 1. The zero-order valence-corrected chi connectivity index (χ0v) is 9.49. The largest absolute Gasteiger partial charge is 0.315 e. The first-order valence-corrected chi connectivity index (χ1v) is 4.60. The average Bonchev–Trinajstić information content (AvgIpc) is 2.00. The smallest absolute Gasteiger partial charge is 0.140 e. The van der Waals surface area contributed by atoms with E-state index in [0.29, 0.717) is 21.1 Å². The molecular formula is C10H14Cl2N+. The van der Waals surface area contributed by atoms with Gasteiger partial charge in [0.1, 0.15) is 6.54 Å². The minimum atomic E-state index is 0.363. The summed E-state index contributed by atoms with van der Waals surface area (Å²) in [6.07, 6.45) is 7.05. The van der Waals surface area contributed by atoms with Gasteiger partial charge in [0, 0.05) is 0 Å². The molecule has 0 unspecified atom stereocenters. The molecule has 0 aromatic heterocycles. The number of terminal acetylenes is 1. The summed E-state index contributed by atoms with van der Waals surface area (Å²) in [5.41, 5.74) is 0. The molecule has 0 spiro atoms. The second-order valence-electron chi connectivity index (χ2n) is 3.44. The Morgan fingerprint density at radius 1 is 1.54 bits per heavy atom. The average molecular weight is 219 g/mol. The van der Waals surface area contributed by atoms with Crippen LogP contribution >= 0.6 is 23.2 Å². The third kappa shape index (κ3) is 5.76. The molecule has 72 valence electrons. The normalized spacial score (nSPS) is 12.4. The summed E-state index contributed by atoms with van der Waals surface area (Å²) < 4.78 is 0.691. The molecule has 13 heavy (non-hydrogen) atoms. The lowest BCUT2D eigenvalue weighted by atomic mass is 10.4. The third-order valence-corrected chi connectivity index (χ3v) is 2.23. The van der Waals surface area contributed by atoms with Gasteiger partial charge in [-0.15, -0.1) is 6.42 Å². The molecule has 0 atom stereocenters. The van der Waals surface area contributed by atoms with Crippen LogP contribution in [-0.4, -0.2) is 31.7 Å². The van der Waals surface area contributed by atoms with Gasteiger partial charge in [0.05, 0.1) is 30.7 Å². The topological polar surface area (TPSA) is 0 Å². The molecule has 0 aliphatic carbocycles. The monoisotopic (exact) mass is 218 g/mol. The highest BCUT2D eigenvalue weighted by Gasteiger charge is 2.11. The number of hydrogen-bond acceptors (Lipinski definition) is 0. The maximum atomic E-state index is 5.79. The first kappa shape index (κ1) is 12.6. The summed E-state index contributed by atoms with van der Waals surface area (Å²) in [5, 5.41) is 0.854. The van der Waals surface area contributed by atoms with Gasteiger partial charge in [-0.2, -0.15) is 0 Å². The predicted molar refractivity (Wildman–Crippen MR) is 59.6 cm³/mol. The first-order valence-electron chi connectivity index (χ1n) is 3.85. The first-order chi connectivity index (χ1) is 5.89. The fourth-order valence-corrected chi connectivity index (χ4v) is 0.896. The van der Waals surface area contributed by atoms with Crippen LogP contribution in [0.1, 0.15) is 0 Å². The van der Waals surface area contributed by atoms with Crippen LogP contribution in [0.3, 0.4) is 0 Å². The van der Waals surface area contributed by atoms with Crippen molar-refractivity contribution in [3.63, 3.8) is 0 Å². The van der Waals surface area contributed by atoms with Crippen LogP contribution in [0.2, 0.25) is 0 Å². The number of rotatable bonds is 4. The van der Waals surface area contributed by atoms with Crippen molar-refractivity contribution in [2.45, 2.75) is 0 Å². The van der Waals surface area contributed by atoms with E-state index < -0.39 is 0 Å². The van der Waals surface area contributed by atoms with Gasteiger partial charge >= 0.3 is 0 Å². The summed E-state index contributed by atoms with van der Waals surface area (Å²) in [6, 6.07) is 0. The van der Waals surface area contributed by atoms with Gasteiger partial charge < -0.3 is 4.48 Å². The molecule has 0 rings (SSSR count). The Labute approximate surface area is 90.2 Å². The second-order valence-corrected chi connectivity index (χ2v) is 4.30. The highest BCUT2D eigenvalue weighted by atomic mass is 35.5. The molecule has 0 aromatic carbocycles. The van der Waals surface area contributed by atoms with Gasteiger partial charge in [-0.3, -0.25) is 0 Å². The van der Waals surface area contributed by atoms with Crippen LogP contribution in [0.5, 0.6) is 0 Å². The lowest BCUT2D eigenvalue weighted by molar-refractivity contribution is -0.877. The molecule has 1 nitrogen and oxygen atoms in total. The lowest BCUT2D eigenvalue weighted by Gasteiger charge is -2.25. The Kier molecular flexibility index (Phi) is 5.17. The van der Waals surface area contributed by atoms with Crippen molar-refractivity contribution >= 4 is 23.2 Å². The zero-order chi connectivity index (χ0) is 10.5. The van der Waals surface area contributed by atoms with E-state index in [9.17, 15) is 0 Å². The number of likely N-dealkylation sites (N-methyl/N-ethyl adjacent to an activating group) is 1. The SMILES string of the molecule is C#CC[N+](C)(C)CC=C(Cl)C(=C)Cl. The van der Waals surface area contributed by atoms with Crippen molar-refractivity contribution in [3.05, 3.63) is 22.7 Å². The van der Waals surface area contributed by atoms with E-state index in [2.05, 4.69) is 12.5 Å². The van der Waals surface area contributed by atoms with Crippen LogP contribution in [0.4, 0.5) is 0 Å². The molecule has 0 radical (unpaired) electrons. The molecule has 0 fully saturated rings. The zero-order valence-electron chi connectivity index (χ0n) is 7.98. The molecule has 0 bridgehead atoms. The van der Waals surface area contributed by atoms with Gasteiger partial charge in [-0.05, 0) is 12.0 Å². The van der Waals surface area contributed by atoms with Crippen molar-refractivity contribution in [2.75, 3.05) is 27.2 Å². The molecule has 0 saturated carbocycles. The van der Waals surface area contributed by atoms with Gasteiger partial charge in [-0.25, -0.2) is 0 Å². The standard InChI is InChI=1S/C10H14Cl2N/c1-5-7-13(3,4)8-6-10(12)9(2)11/h1,6H,2,7-8H2,3-4H3/q+1. The van der Waals surface area contributed by atoms with Crippen LogP contribution in [0.25, 0.3) is 0 Å². The van der Waals surface area contributed by atoms with Crippen molar-refractivity contribution < 1.29 is 4.48 Å². The van der Waals surface area contributed by atoms with Gasteiger partial charge in [0.25, 0.3) is 0 Å². The van der Waals surface area contributed by atoms with E-state index in [1.54, 1.807) is 0 Å². The summed E-state index contributed by atoms with van der Waals surface area (Å²) in [4.78, 5) is 0. The fourth-order valence-electron chi connectivity index (χ4n) is 0.750. The van der Waals surface area contributed by atoms with E-state index in [4.69, 9.17) is 29.6 Å². The van der Waals surface area contributed by atoms with E-state index in [1.807, 2.05) is 20.2 Å². The van der Waals surface area contributed by atoms with Crippen molar-refractivity contribution in [1.29, 1.82) is 0 Å². The minimum Gasteiger partial charge on any atom is -0.315 e. The molecule has 0 heterocycles. The van der Waals surface area contributed by atoms with Crippen LogP contribution in [0.15, 0.2) is 22.7 Å². The number of nitrogens with zero attached hydrogens (tertiary/aromatic N) is 1. The highest BCUT2D eigenvalue weighted by Crippen LogP contribution is 2.16. The number of halogens is 2. The molecular weight excluding hydrogens is 205 g/mol. The van der Waals surface area contributed by atoms with Gasteiger partial charge in [-0.1, -0.05) is 29.8 Å². The molecule has 0 N–H and O–H groups in total. The quantitative estimate of drug-likeness (QED) is 0.387. The van der Waals surface area contributed by atoms with Crippen molar-refractivity contribution in [3.8, 4) is 12.3 Å². The number of hydrogen-bond donors (Lipinski definition) is 0. The van der Waals surface area contributed by atoms with Gasteiger partial charge in [0.2, 0.25) is 0 Å². The molecule has 3 heteroatoms. The molecule has 0 aliphatic heterocycles. The van der Waals surface area contributed by atoms with E-state index in [-0.39, 0.29) is 0 Å². The predicted octanol–water partition coefficient (Wildman–Crippen LogP) is 2.57. The Morgan fingerprint density at radius 2 is 2.08 bits per heavy atom. The summed E-state index contributed by atoms with van der Waals surface area (Å²) >= 11 is 11.4. The van der Waals surface area contributed by atoms with Gasteiger partial charge in [0.15, 0.2) is 0 Å². The van der Waals surface area contributed by atoms with E-state index in [1.165, 1.54) is 0 Å². The van der Waals surface area contributed by atoms with E-state index >= 15 is 0 Å². The Morgan fingerprint density at radius 3 is 2.46 bits per heavy atom. The Bertz CT molecular complexity index is 259. The van der Waals surface area contributed by atoms with Crippen LogP contribution < -0.4 is 0 Å². The third-order valence-electron chi connectivity index (χ3n) is 1.54. The summed E-state index contributed by atoms with van der Waals surface area (Å²) in [6.45, 7) is 4.93. The molecule has 0 amide bonds. The Hall–Kier alpha value is -0.420. The summed E-state index contributed by atoms with van der Waals surface area (Å²) in [5.74, 6) is 2.61. The highest BCUT2D eigenvalue weighted by molar-refractivity contribution is 6.43. The van der Waals surface area contributed by atoms with Crippen molar-refractivity contribution in [1.82, 2.24) is 0 Å². The maximum Gasteiger partial charge on any atom is 0.140 e. The van der Waals surface area contributed by atoms with E-state index in [0.717, 1.165) is 6.54 Å². The summed E-state index contributed by atoms with van der Waals surface area (Å²) in [7, 11) is 4.05.